The van der Waals surface area contributed by atoms with E-state index in [9.17, 15) is 0 Å². The van der Waals surface area contributed by atoms with E-state index in [1.54, 1.807) is 0 Å². The molecule has 0 N–H and O–H groups in total. The predicted octanol–water partition coefficient (Wildman–Crippen LogP) is 14.4. The van der Waals surface area contributed by atoms with Gasteiger partial charge in [-0.25, -0.2) is 9.97 Å². The molecule has 0 radical (unpaired) electrons. The highest BCUT2D eigenvalue weighted by Gasteiger charge is 2.35. The number of rotatable bonds is 5. The van der Waals surface area contributed by atoms with E-state index in [2.05, 4.69) is 188 Å². The molecule has 12 rings (SSSR count). The summed E-state index contributed by atoms with van der Waals surface area (Å²) in [6.07, 6.45) is 0. The molecule has 0 spiro atoms. The van der Waals surface area contributed by atoms with Crippen LogP contribution in [0.1, 0.15) is 25.0 Å². The van der Waals surface area contributed by atoms with Gasteiger partial charge < -0.3 is 8.98 Å². The van der Waals surface area contributed by atoms with E-state index in [-0.39, 0.29) is 5.41 Å². The fraction of sp³-hybridized carbons (Fsp3) is 0.0545. The van der Waals surface area contributed by atoms with Gasteiger partial charge in [-0.15, -0.1) is 0 Å². The molecule has 0 aliphatic heterocycles. The predicted molar refractivity (Wildman–Crippen MR) is 243 cm³/mol. The van der Waals surface area contributed by atoms with Crippen LogP contribution < -0.4 is 0 Å². The van der Waals surface area contributed by atoms with E-state index >= 15 is 0 Å². The molecule has 0 bridgehead atoms. The third kappa shape index (κ3) is 5.23. The average Bonchev–Trinajstić information content (AvgIpc) is 3.91. The van der Waals surface area contributed by atoms with Crippen molar-refractivity contribution in [2.45, 2.75) is 19.3 Å². The van der Waals surface area contributed by atoms with Crippen LogP contribution in [-0.4, -0.2) is 14.5 Å². The fourth-order valence-corrected chi connectivity index (χ4v) is 9.49. The summed E-state index contributed by atoms with van der Waals surface area (Å²) in [6, 6.07) is 67.1. The molecule has 8 aromatic carbocycles. The Kier molecular flexibility index (Phi) is 7.24. The number of hydrogen-bond donors (Lipinski definition) is 0. The first-order valence-electron chi connectivity index (χ1n) is 20.2. The topological polar surface area (TPSA) is 43.9 Å². The first-order valence-corrected chi connectivity index (χ1v) is 20.2. The minimum Gasteiger partial charge on any atom is -0.456 e. The van der Waals surface area contributed by atoms with Crippen molar-refractivity contribution in [3.05, 3.63) is 199 Å². The van der Waals surface area contributed by atoms with Crippen LogP contribution in [0, 0.1) is 0 Å². The van der Waals surface area contributed by atoms with Gasteiger partial charge in [-0.2, -0.15) is 0 Å². The Morgan fingerprint density at radius 3 is 1.81 bits per heavy atom. The fourth-order valence-electron chi connectivity index (χ4n) is 9.49. The maximum absolute atomic E-state index is 6.36. The number of benzene rings is 8. The van der Waals surface area contributed by atoms with E-state index in [0.717, 1.165) is 77.9 Å². The number of fused-ring (bicyclic) bond motifs is 9. The number of furan rings is 1. The van der Waals surface area contributed by atoms with Gasteiger partial charge in [-0.1, -0.05) is 141 Å². The molecule has 59 heavy (non-hydrogen) atoms. The molecule has 11 aromatic rings. The summed E-state index contributed by atoms with van der Waals surface area (Å²) in [5, 5.41) is 4.64. The largest absolute Gasteiger partial charge is 0.456 e. The number of nitrogens with zero attached hydrogens (tertiary/aromatic N) is 3. The SMILES string of the molecule is CC1(C)c2ccccc2-c2ccc(-c3cc(-c4nc(-c5ccccc5)cc(-c5ccc6c(c5)oc5ccccc56)n4)cc(-n4c5ccccc5c5ccccc54)c3)cc21. The maximum atomic E-state index is 6.36. The normalized spacial score (nSPS) is 13.1. The lowest BCUT2D eigenvalue weighted by atomic mass is 9.81. The summed E-state index contributed by atoms with van der Waals surface area (Å²) in [7, 11) is 0. The van der Waals surface area contributed by atoms with Gasteiger partial charge in [0.2, 0.25) is 0 Å². The molecule has 0 amide bonds. The second-order valence-corrected chi connectivity index (χ2v) is 16.2. The summed E-state index contributed by atoms with van der Waals surface area (Å²) in [6.45, 7) is 4.68. The van der Waals surface area contributed by atoms with Gasteiger partial charge in [0.05, 0.1) is 22.4 Å². The Hall–Kier alpha value is -7.56. The highest BCUT2D eigenvalue weighted by atomic mass is 16.3. The third-order valence-electron chi connectivity index (χ3n) is 12.4. The minimum absolute atomic E-state index is 0.127. The molecule has 0 fully saturated rings. The summed E-state index contributed by atoms with van der Waals surface area (Å²) >= 11 is 0. The summed E-state index contributed by atoms with van der Waals surface area (Å²) < 4.78 is 8.75. The van der Waals surface area contributed by atoms with Crippen LogP contribution in [0.25, 0.3) is 106 Å². The van der Waals surface area contributed by atoms with Gasteiger partial charge in [-0.3, -0.25) is 0 Å². The van der Waals surface area contributed by atoms with Crippen LogP contribution in [0.5, 0.6) is 0 Å². The Labute approximate surface area is 341 Å². The van der Waals surface area contributed by atoms with Crippen LogP contribution >= 0.6 is 0 Å². The summed E-state index contributed by atoms with van der Waals surface area (Å²) in [5.74, 6) is 0.656. The minimum atomic E-state index is -0.127. The van der Waals surface area contributed by atoms with Crippen LogP contribution in [0.15, 0.2) is 192 Å². The zero-order valence-corrected chi connectivity index (χ0v) is 32.6. The van der Waals surface area contributed by atoms with Crippen molar-refractivity contribution in [2.24, 2.45) is 0 Å². The second kappa shape index (κ2) is 12.7. The molecule has 278 valence electrons. The van der Waals surface area contributed by atoms with Crippen molar-refractivity contribution in [3.8, 4) is 61.8 Å². The molecule has 3 heterocycles. The zero-order valence-electron chi connectivity index (χ0n) is 32.6. The van der Waals surface area contributed by atoms with E-state index in [1.807, 2.05) is 18.2 Å². The van der Waals surface area contributed by atoms with Crippen molar-refractivity contribution in [2.75, 3.05) is 0 Å². The molecule has 3 aromatic heterocycles. The van der Waals surface area contributed by atoms with Gasteiger partial charge in [0.25, 0.3) is 0 Å². The summed E-state index contributed by atoms with van der Waals surface area (Å²) in [5.41, 5.74) is 17.2. The Morgan fingerprint density at radius 1 is 0.407 bits per heavy atom. The van der Waals surface area contributed by atoms with Gasteiger partial charge >= 0.3 is 0 Å². The van der Waals surface area contributed by atoms with E-state index < -0.39 is 0 Å². The van der Waals surface area contributed by atoms with Gasteiger partial charge in [-0.05, 0) is 94.0 Å². The zero-order chi connectivity index (χ0) is 39.2. The number of para-hydroxylation sites is 3. The molecular weight excluding hydrogens is 719 g/mol. The van der Waals surface area contributed by atoms with Gasteiger partial charge in [0, 0.05) is 49.3 Å². The molecule has 4 nitrogen and oxygen atoms in total. The Morgan fingerprint density at radius 2 is 1.02 bits per heavy atom. The first-order chi connectivity index (χ1) is 29.0. The van der Waals surface area contributed by atoms with Crippen molar-refractivity contribution in [1.82, 2.24) is 14.5 Å². The van der Waals surface area contributed by atoms with E-state index in [0.29, 0.717) is 5.82 Å². The standard InChI is InChI=1S/C55H37N3O/c1-55(2)46-20-10-6-16-40(46)41-26-24-35(31-47(41)55)37-28-38(30-39(29-37)58-50-21-11-7-17-42(50)43-18-8-12-22-51(43)58)54-56-48(34-14-4-3-5-15-34)33-49(57-54)36-25-27-45-44-19-9-13-23-52(44)59-53(45)32-36/h3-33H,1-2H3. The molecule has 0 saturated carbocycles. The molecule has 0 unspecified atom stereocenters. The van der Waals surface area contributed by atoms with Gasteiger partial charge in [0.15, 0.2) is 5.82 Å². The molecule has 0 saturated heterocycles. The molecule has 4 heteroatoms. The van der Waals surface area contributed by atoms with Crippen LogP contribution in [-0.2, 0) is 5.41 Å². The molecular formula is C55H37N3O. The van der Waals surface area contributed by atoms with Crippen LogP contribution in [0.4, 0.5) is 0 Å². The molecule has 0 atom stereocenters. The quantitative estimate of drug-likeness (QED) is 0.176. The first kappa shape index (κ1) is 33.6. The Bertz CT molecular complexity index is 3430. The van der Waals surface area contributed by atoms with Crippen molar-refractivity contribution in [3.63, 3.8) is 0 Å². The lowest BCUT2D eigenvalue weighted by molar-refractivity contribution is 0.660. The van der Waals surface area contributed by atoms with Gasteiger partial charge in [0.1, 0.15) is 11.2 Å². The highest BCUT2D eigenvalue weighted by Crippen LogP contribution is 2.50. The Balaban J connectivity index is 1.11. The van der Waals surface area contributed by atoms with E-state index in [1.165, 1.54) is 33.0 Å². The number of hydrogen-bond acceptors (Lipinski definition) is 3. The molecule has 1 aliphatic carbocycles. The summed E-state index contributed by atoms with van der Waals surface area (Å²) in [4.78, 5) is 10.7. The average molecular weight is 756 g/mol. The molecule has 1 aliphatic rings. The third-order valence-corrected chi connectivity index (χ3v) is 12.4. The van der Waals surface area contributed by atoms with E-state index in [4.69, 9.17) is 14.4 Å². The van der Waals surface area contributed by atoms with Crippen molar-refractivity contribution < 1.29 is 4.42 Å². The lowest BCUT2D eigenvalue weighted by Crippen LogP contribution is -2.14. The van der Waals surface area contributed by atoms with Crippen LogP contribution in [0.2, 0.25) is 0 Å². The van der Waals surface area contributed by atoms with Crippen molar-refractivity contribution in [1.29, 1.82) is 0 Å². The monoisotopic (exact) mass is 755 g/mol. The number of aromatic nitrogens is 3. The van der Waals surface area contributed by atoms with Crippen LogP contribution in [0.3, 0.4) is 0 Å². The smallest absolute Gasteiger partial charge is 0.160 e. The second-order valence-electron chi connectivity index (χ2n) is 16.2. The van der Waals surface area contributed by atoms with Crippen molar-refractivity contribution >= 4 is 43.7 Å². The lowest BCUT2D eigenvalue weighted by Gasteiger charge is -2.22. The maximum Gasteiger partial charge on any atom is 0.160 e. The highest BCUT2D eigenvalue weighted by molar-refractivity contribution is 6.09.